The maximum atomic E-state index is 13.4. The Morgan fingerprint density at radius 3 is 2.82 bits per heavy atom. The molecular formula is C15H19FN2O4. The van der Waals surface area contributed by atoms with Crippen molar-refractivity contribution in [1.29, 1.82) is 0 Å². The quantitative estimate of drug-likeness (QED) is 0.708. The molecule has 0 aromatic heterocycles. The number of rotatable bonds is 7. The highest BCUT2D eigenvalue weighted by Crippen LogP contribution is 2.14. The third kappa shape index (κ3) is 4.78. The SMILES string of the molecule is O=C(CC(NCC1CCCO1)C(=O)O)Nc1ccccc1F. The van der Waals surface area contributed by atoms with Gasteiger partial charge in [0.1, 0.15) is 11.9 Å². The Labute approximate surface area is 127 Å². The van der Waals surface area contributed by atoms with Crippen LogP contribution in [0.4, 0.5) is 10.1 Å². The first-order valence-corrected chi connectivity index (χ1v) is 7.18. The summed E-state index contributed by atoms with van der Waals surface area (Å²) in [6, 6.07) is 4.70. The van der Waals surface area contributed by atoms with Gasteiger partial charge in [-0.25, -0.2) is 4.39 Å². The van der Waals surface area contributed by atoms with Crippen LogP contribution in [0.3, 0.4) is 0 Å². The first-order valence-electron chi connectivity index (χ1n) is 7.18. The van der Waals surface area contributed by atoms with Gasteiger partial charge < -0.3 is 20.5 Å². The van der Waals surface area contributed by atoms with Crippen LogP contribution in [0, 0.1) is 5.82 Å². The molecule has 1 aliphatic heterocycles. The summed E-state index contributed by atoms with van der Waals surface area (Å²) in [5.74, 6) is -2.24. The molecule has 1 amide bonds. The van der Waals surface area contributed by atoms with Crippen LogP contribution < -0.4 is 10.6 Å². The second-order valence-electron chi connectivity index (χ2n) is 5.17. The number of nitrogens with one attached hydrogen (secondary N) is 2. The van der Waals surface area contributed by atoms with Crippen LogP contribution in [-0.2, 0) is 14.3 Å². The molecule has 1 saturated heterocycles. The van der Waals surface area contributed by atoms with Crippen molar-refractivity contribution in [2.75, 3.05) is 18.5 Å². The normalized spacial score (nSPS) is 18.9. The van der Waals surface area contributed by atoms with E-state index in [0.717, 1.165) is 12.8 Å². The molecule has 0 spiro atoms. The standard InChI is InChI=1S/C15H19FN2O4/c16-11-5-1-2-6-12(11)18-14(19)8-13(15(20)21)17-9-10-4-3-7-22-10/h1-2,5-6,10,13,17H,3-4,7-9H2,(H,18,19)(H,20,21). The largest absolute Gasteiger partial charge is 0.480 e. The van der Waals surface area contributed by atoms with Gasteiger partial charge in [-0.05, 0) is 25.0 Å². The molecule has 0 aliphatic carbocycles. The fraction of sp³-hybridized carbons (Fsp3) is 0.467. The van der Waals surface area contributed by atoms with Gasteiger partial charge in [0, 0.05) is 13.2 Å². The third-order valence-corrected chi connectivity index (χ3v) is 3.45. The Hall–Kier alpha value is -1.99. The second kappa shape index (κ2) is 7.86. The zero-order chi connectivity index (χ0) is 15.9. The van der Waals surface area contributed by atoms with Gasteiger partial charge in [-0.2, -0.15) is 0 Å². The molecule has 0 bridgehead atoms. The summed E-state index contributed by atoms with van der Waals surface area (Å²) in [6.07, 6.45) is 1.53. The zero-order valence-electron chi connectivity index (χ0n) is 12.0. The van der Waals surface area contributed by atoms with Crippen LogP contribution in [0.25, 0.3) is 0 Å². The Balaban J connectivity index is 1.85. The molecule has 2 atom stereocenters. The summed E-state index contributed by atoms with van der Waals surface area (Å²) in [6.45, 7) is 1.06. The average molecular weight is 310 g/mol. The van der Waals surface area contributed by atoms with Gasteiger partial charge in [-0.1, -0.05) is 12.1 Å². The third-order valence-electron chi connectivity index (χ3n) is 3.45. The van der Waals surface area contributed by atoms with Gasteiger partial charge >= 0.3 is 5.97 Å². The van der Waals surface area contributed by atoms with Crippen LogP contribution in [0.1, 0.15) is 19.3 Å². The summed E-state index contributed by atoms with van der Waals surface area (Å²) >= 11 is 0. The molecule has 1 aromatic rings. The molecule has 3 N–H and O–H groups in total. The number of benzene rings is 1. The van der Waals surface area contributed by atoms with Crippen molar-refractivity contribution in [3.05, 3.63) is 30.1 Å². The van der Waals surface area contributed by atoms with Crippen molar-refractivity contribution < 1.29 is 23.8 Å². The fourth-order valence-corrected chi connectivity index (χ4v) is 2.28. The number of carbonyl (C=O) groups excluding carboxylic acids is 1. The molecule has 2 rings (SSSR count). The number of ether oxygens (including phenoxy) is 1. The van der Waals surface area contributed by atoms with E-state index in [-0.39, 0.29) is 18.2 Å². The van der Waals surface area contributed by atoms with E-state index in [2.05, 4.69) is 10.6 Å². The van der Waals surface area contributed by atoms with Gasteiger partial charge in [0.15, 0.2) is 0 Å². The summed E-state index contributed by atoms with van der Waals surface area (Å²) < 4.78 is 18.8. The number of carboxylic acids is 1. The lowest BCUT2D eigenvalue weighted by Crippen LogP contribution is -2.43. The van der Waals surface area contributed by atoms with Crippen LogP contribution in [0.15, 0.2) is 24.3 Å². The molecule has 7 heteroatoms. The van der Waals surface area contributed by atoms with E-state index in [1.807, 2.05) is 0 Å². The zero-order valence-corrected chi connectivity index (χ0v) is 12.0. The van der Waals surface area contributed by atoms with Gasteiger partial charge in [-0.15, -0.1) is 0 Å². The number of hydrogen-bond donors (Lipinski definition) is 3. The summed E-state index contributed by atoms with van der Waals surface area (Å²) in [4.78, 5) is 23.1. The molecule has 1 aliphatic rings. The molecule has 2 unspecified atom stereocenters. The van der Waals surface area contributed by atoms with E-state index in [0.29, 0.717) is 13.2 Å². The van der Waals surface area contributed by atoms with E-state index in [4.69, 9.17) is 9.84 Å². The Kier molecular flexibility index (Phi) is 5.85. The van der Waals surface area contributed by atoms with Gasteiger partial charge in [0.25, 0.3) is 0 Å². The number of amides is 1. The molecule has 1 aromatic carbocycles. The van der Waals surface area contributed by atoms with Crippen LogP contribution in [-0.4, -0.2) is 42.3 Å². The molecule has 120 valence electrons. The first-order chi connectivity index (χ1) is 10.6. The van der Waals surface area contributed by atoms with E-state index in [9.17, 15) is 14.0 Å². The van der Waals surface area contributed by atoms with E-state index < -0.39 is 23.7 Å². The van der Waals surface area contributed by atoms with Gasteiger partial charge in [-0.3, -0.25) is 9.59 Å². The summed E-state index contributed by atoms with van der Waals surface area (Å²) in [5, 5.41) is 14.3. The maximum Gasteiger partial charge on any atom is 0.321 e. The van der Waals surface area contributed by atoms with Crippen molar-refractivity contribution in [3.8, 4) is 0 Å². The van der Waals surface area contributed by atoms with Crippen molar-refractivity contribution in [1.82, 2.24) is 5.32 Å². The predicted molar refractivity (Wildman–Crippen MR) is 78.0 cm³/mol. The highest BCUT2D eigenvalue weighted by molar-refractivity contribution is 5.94. The molecule has 6 nitrogen and oxygen atoms in total. The smallest absolute Gasteiger partial charge is 0.321 e. The van der Waals surface area contributed by atoms with Gasteiger partial charge in [0.05, 0.1) is 18.2 Å². The number of aliphatic carboxylic acids is 1. The monoisotopic (exact) mass is 310 g/mol. The topological polar surface area (TPSA) is 87.7 Å². The Morgan fingerprint density at radius 1 is 1.41 bits per heavy atom. The molecule has 1 heterocycles. The Bertz CT molecular complexity index is 532. The fourth-order valence-electron chi connectivity index (χ4n) is 2.28. The average Bonchev–Trinajstić information content (AvgIpc) is 2.99. The maximum absolute atomic E-state index is 13.4. The lowest BCUT2D eigenvalue weighted by Gasteiger charge is -2.17. The van der Waals surface area contributed by atoms with E-state index in [1.165, 1.54) is 18.2 Å². The van der Waals surface area contributed by atoms with Gasteiger partial charge in [0.2, 0.25) is 5.91 Å². The van der Waals surface area contributed by atoms with Crippen LogP contribution in [0.5, 0.6) is 0 Å². The molecule has 0 radical (unpaired) electrons. The van der Waals surface area contributed by atoms with Crippen LogP contribution in [0.2, 0.25) is 0 Å². The van der Waals surface area contributed by atoms with E-state index >= 15 is 0 Å². The summed E-state index contributed by atoms with van der Waals surface area (Å²) in [5.41, 5.74) is 0.0377. The molecule has 0 saturated carbocycles. The van der Waals surface area contributed by atoms with Crippen LogP contribution >= 0.6 is 0 Å². The number of hydrogen-bond acceptors (Lipinski definition) is 4. The van der Waals surface area contributed by atoms with Crippen molar-refractivity contribution in [3.63, 3.8) is 0 Å². The molecule has 1 fully saturated rings. The number of carboxylic acid groups (broad SMARTS) is 1. The Morgan fingerprint density at radius 2 is 2.18 bits per heavy atom. The highest BCUT2D eigenvalue weighted by atomic mass is 19.1. The highest BCUT2D eigenvalue weighted by Gasteiger charge is 2.24. The lowest BCUT2D eigenvalue weighted by molar-refractivity contribution is -0.141. The minimum absolute atomic E-state index is 0.0171. The minimum Gasteiger partial charge on any atom is -0.480 e. The van der Waals surface area contributed by atoms with Crippen molar-refractivity contribution >= 4 is 17.6 Å². The van der Waals surface area contributed by atoms with E-state index in [1.54, 1.807) is 6.07 Å². The first kappa shape index (κ1) is 16.4. The minimum atomic E-state index is -1.12. The van der Waals surface area contributed by atoms with Crippen molar-refractivity contribution in [2.24, 2.45) is 0 Å². The predicted octanol–water partition coefficient (Wildman–Crippen LogP) is 1.38. The summed E-state index contributed by atoms with van der Waals surface area (Å²) in [7, 11) is 0. The number of anilines is 1. The lowest BCUT2D eigenvalue weighted by atomic mass is 10.1. The van der Waals surface area contributed by atoms with Crippen molar-refractivity contribution in [2.45, 2.75) is 31.4 Å². The second-order valence-corrected chi connectivity index (χ2v) is 5.17. The molecule has 22 heavy (non-hydrogen) atoms. The molecular weight excluding hydrogens is 291 g/mol. The number of carbonyl (C=O) groups is 2. The number of halogens is 1. The number of para-hydroxylation sites is 1.